The van der Waals surface area contributed by atoms with Gasteiger partial charge in [-0.25, -0.2) is 16.8 Å². The zero-order valence-corrected chi connectivity index (χ0v) is 18.3. The van der Waals surface area contributed by atoms with Gasteiger partial charge in [-0.3, -0.25) is 9.52 Å². The van der Waals surface area contributed by atoms with Gasteiger partial charge in [0.2, 0.25) is 20.0 Å². The predicted molar refractivity (Wildman–Crippen MR) is 117 cm³/mol. The van der Waals surface area contributed by atoms with E-state index in [2.05, 4.69) is 10.0 Å². The van der Waals surface area contributed by atoms with E-state index in [-0.39, 0.29) is 16.1 Å². The van der Waals surface area contributed by atoms with Crippen molar-refractivity contribution in [3.63, 3.8) is 0 Å². The summed E-state index contributed by atoms with van der Waals surface area (Å²) >= 11 is 0. The fourth-order valence-corrected chi connectivity index (χ4v) is 5.47. The van der Waals surface area contributed by atoms with Crippen LogP contribution >= 0.6 is 0 Å². The van der Waals surface area contributed by atoms with E-state index >= 15 is 0 Å². The highest BCUT2D eigenvalue weighted by Crippen LogP contribution is 2.24. The van der Waals surface area contributed by atoms with Gasteiger partial charge in [-0.2, -0.15) is 4.31 Å². The van der Waals surface area contributed by atoms with Gasteiger partial charge in [-0.05, 0) is 43.2 Å². The van der Waals surface area contributed by atoms with Gasteiger partial charge in [0.25, 0.3) is 5.91 Å². The molecule has 2 aromatic carbocycles. The molecule has 1 amide bonds. The summed E-state index contributed by atoms with van der Waals surface area (Å²) in [6.45, 7) is 0.979. The molecular formula is C20H25N3O5S2. The number of nitrogens with zero attached hydrogens (tertiary/aromatic N) is 1. The molecule has 1 fully saturated rings. The van der Waals surface area contributed by atoms with Crippen LogP contribution in [0.25, 0.3) is 0 Å². The van der Waals surface area contributed by atoms with E-state index in [0.717, 1.165) is 31.9 Å². The Hall–Kier alpha value is -2.43. The fourth-order valence-electron chi connectivity index (χ4n) is 3.33. The van der Waals surface area contributed by atoms with E-state index in [9.17, 15) is 21.6 Å². The second-order valence-corrected chi connectivity index (χ2v) is 10.9. The molecule has 10 heteroatoms. The van der Waals surface area contributed by atoms with Crippen molar-refractivity contribution in [2.24, 2.45) is 0 Å². The van der Waals surface area contributed by atoms with Crippen molar-refractivity contribution in [3.8, 4) is 0 Å². The van der Waals surface area contributed by atoms with Crippen molar-refractivity contribution in [1.82, 2.24) is 4.31 Å². The van der Waals surface area contributed by atoms with Crippen molar-refractivity contribution in [2.75, 3.05) is 29.4 Å². The van der Waals surface area contributed by atoms with Crippen LogP contribution in [0.5, 0.6) is 0 Å². The molecule has 0 atom stereocenters. The molecule has 0 aromatic heterocycles. The lowest BCUT2D eigenvalue weighted by Gasteiger charge is -2.20. The number of anilines is 2. The molecule has 0 spiro atoms. The molecule has 1 aliphatic heterocycles. The Labute approximate surface area is 177 Å². The Bertz CT molecular complexity index is 1120. The number of nitrogens with one attached hydrogen (secondary N) is 2. The van der Waals surface area contributed by atoms with Crippen molar-refractivity contribution in [3.05, 3.63) is 54.1 Å². The van der Waals surface area contributed by atoms with Crippen LogP contribution in [0, 0.1) is 0 Å². The summed E-state index contributed by atoms with van der Waals surface area (Å²) in [5, 5.41) is 2.66. The van der Waals surface area contributed by atoms with Crippen LogP contribution in [0.4, 0.5) is 11.4 Å². The normalized spacial score (nSPS) is 15.9. The fraction of sp³-hybridized carbons (Fsp3) is 0.350. The number of sulfonamides is 2. The topological polar surface area (TPSA) is 113 Å². The molecule has 1 aliphatic rings. The van der Waals surface area contributed by atoms with Crippen molar-refractivity contribution in [1.29, 1.82) is 0 Å². The number of carbonyl (C=O) groups is 1. The second kappa shape index (κ2) is 9.15. The maximum absolute atomic E-state index is 13.0. The van der Waals surface area contributed by atoms with Crippen LogP contribution in [0.1, 0.15) is 36.0 Å². The molecule has 0 bridgehead atoms. The Morgan fingerprint density at radius 1 is 0.900 bits per heavy atom. The van der Waals surface area contributed by atoms with Gasteiger partial charge in [0.15, 0.2) is 0 Å². The standard InChI is InChI=1S/C20H25N3O5S2/c1-29(25,26)22-19-12-5-4-11-18(19)20(24)21-16-9-8-10-17(15-16)30(27,28)23-13-6-2-3-7-14-23/h4-5,8-12,15,22H,2-3,6-7,13-14H2,1H3,(H,21,24). The molecule has 0 aliphatic carbocycles. The van der Waals surface area contributed by atoms with Crippen LogP contribution in [0.3, 0.4) is 0 Å². The minimum Gasteiger partial charge on any atom is -0.322 e. The Morgan fingerprint density at radius 3 is 2.23 bits per heavy atom. The van der Waals surface area contributed by atoms with Gasteiger partial charge in [0.1, 0.15) is 0 Å². The number of amides is 1. The van der Waals surface area contributed by atoms with Crippen LogP contribution in [0.15, 0.2) is 53.4 Å². The van der Waals surface area contributed by atoms with E-state index in [1.165, 1.54) is 28.6 Å². The summed E-state index contributed by atoms with van der Waals surface area (Å²) < 4.78 is 52.9. The van der Waals surface area contributed by atoms with E-state index < -0.39 is 26.0 Å². The van der Waals surface area contributed by atoms with Crippen LogP contribution in [-0.2, 0) is 20.0 Å². The Balaban J connectivity index is 1.83. The highest BCUT2D eigenvalue weighted by atomic mass is 32.2. The maximum atomic E-state index is 13.0. The van der Waals surface area contributed by atoms with Crippen LogP contribution < -0.4 is 10.0 Å². The first-order chi connectivity index (χ1) is 14.2. The zero-order chi connectivity index (χ0) is 21.8. The van der Waals surface area contributed by atoms with E-state index in [0.29, 0.717) is 18.8 Å². The monoisotopic (exact) mass is 451 g/mol. The first-order valence-corrected chi connectivity index (χ1v) is 13.0. The van der Waals surface area contributed by atoms with Crippen molar-refractivity contribution in [2.45, 2.75) is 30.6 Å². The van der Waals surface area contributed by atoms with Crippen molar-refractivity contribution >= 4 is 37.3 Å². The highest BCUT2D eigenvalue weighted by molar-refractivity contribution is 7.92. The first kappa shape index (κ1) is 22.3. The highest BCUT2D eigenvalue weighted by Gasteiger charge is 2.25. The lowest BCUT2D eigenvalue weighted by Crippen LogP contribution is -2.32. The van der Waals surface area contributed by atoms with Crippen molar-refractivity contribution < 1.29 is 21.6 Å². The van der Waals surface area contributed by atoms with Gasteiger partial charge >= 0.3 is 0 Å². The summed E-state index contributed by atoms with van der Waals surface area (Å²) in [6, 6.07) is 12.3. The minimum atomic E-state index is -3.65. The average molecular weight is 452 g/mol. The molecule has 3 rings (SSSR count). The summed E-state index contributed by atoms with van der Waals surface area (Å²) in [4.78, 5) is 12.8. The Kier molecular flexibility index (Phi) is 6.79. The summed E-state index contributed by atoms with van der Waals surface area (Å²) in [5.74, 6) is -0.550. The maximum Gasteiger partial charge on any atom is 0.257 e. The number of benzene rings is 2. The summed E-state index contributed by atoms with van der Waals surface area (Å²) in [5.41, 5.74) is 0.583. The molecule has 30 heavy (non-hydrogen) atoms. The smallest absolute Gasteiger partial charge is 0.257 e. The summed E-state index contributed by atoms with van der Waals surface area (Å²) in [6.07, 6.45) is 4.70. The lowest BCUT2D eigenvalue weighted by molar-refractivity contribution is 0.102. The lowest BCUT2D eigenvalue weighted by atomic mass is 10.1. The molecule has 0 radical (unpaired) electrons. The first-order valence-electron chi connectivity index (χ1n) is 9.65. The molecule has 2 N–H and O–H groups in total. The third-order valence-electron chi connectivity index (χ3n) is 4.76. The number of rotatable bonds is 6. The van der Waals surface area contributed by atoms with Gasteiger partial charge in [-0.1, -0.05) is 31.0 Å². The number of para-hydroxylation sites is 1. The zero-order valence-electron chi connectivity index (χ0n) is 16.7. The molecule has 0 saturated carbocycles. The van der Waals surface area contributed by atoms with Gasteiger partial charge in [0.05, 0.1) is 22.4 Å². The molecule has 1 heterocycles. The molecule has 1 saturated heterocycles. The molecule has 0 unspecified atom stereocenters. The van der Waals surface area contributed by atoms with Gasteiger partial charge in [0, 0.05) is 18.8 Å². The van der Waals surface area contributed by atoms with Gasteiger partial charge in [-0.15, -0.1) is 0 Å². The average Bonchev–Trinajstić information content (AvgIpc) is 2.97. The van der Waals surface area contributed by atoms with Crippen LogP contribution in [-0.4, -0.2) is 46.4 Å². The largest absolute Gasteiger partial charge is 0.322 e. The van der Waals surface area contributed by atoms with E-state index in [1.54, 1.807) is 24.3 Å². The molecule has 2 aromatic rings. The predicted octanol–water partition coefficient (Wildman–Crippen LogP) is 2.88. The third kappa shape index (κ3) is 5.59. The quantitative estimate of drug-likeness (QED) is 0.701. The number of hydrogen-bond acceptors (Lipinski definition) is 5. The molecular weight excluding hydrogens is 426 g/mol. The van der Waals surface area contributed by atoms with Gasteiger partial charge < -0.3 is 5.32 Å². The molecule has 162 valence electrons. The molecule has 8 nitrogen and oxygen atoms in total. The number of hydrogen-bond donors (Lipinski definition) is 2. The van der Waals surface area contributed by atoms with Crippen LogP contribution in [0.2, 0.25) is 0 Å². The second-order valence-electron chi connectivity index (χ2n) is 7.22. The SMILES string of the molecule is CS(=O)(=O)Nc1ccccc1C(=O)Nc1cccc(S(=O)(=O)N2CCCCCC2)c1. The van der Waals surface area contributed by atoms with E-state index in [4.69, 9.17) is 0 Å². The number of carbonyl (C=O) groups excluding carboxylic acids is 1. The van der Waals surface area contributed by atoms with E-state index in [1.807, 2.05) is 0 Å². The Morgan fingerprint density at radius 2 is 1.57 bits per heavy atom. The third-order valence-corrected chi connectivity index (χ3v) is 7.25. The summed E-state index contributed by atoms with van der Waals surface area (Å²) in [7, 11) is -7.21. The minimum absolute atomic E-state index is 0.116.